The third kappa shape index (κ3) is 3.97. The minimum atomic E-state index is -3.47. The van der Waals surface area contributed by atoms with Crippen LogP contribution >= 0.6 is 0 Å². The van der Waals surface area contributed by atoms with Gasteiger partial charge in [0.1, 0.15) is 0 Å². The van der Waals surface area contributed by atoms with Gasteiger partial charge in [0.05, 0.1) is 6.07 Å². The van der Waals surface area contributed by atoms with Crippen molar-refractivity contribution in [2.75, 3.05) is 0 Å². The van der Waals surface area contributed by atoms with E-state index >= 15 is 0 Å². The van der Waals surface area contributed by atoms with E-state index in [-0.39, 0.29) is 6.04 Å². The summed E-state index contributed by atoms with van der Waals surface area (Å²) in [5, 5.41) is 7.89. The van der Waals surface area contributed by atoms with E-state index in [2.05, 4.69) is 18.6 Å². The molecule has 0 aromatic rings. The maximum Gasteiger partial charge on any atom is 0.228 e. The molecule has 4 nitrogen and oxygen atoms in total. The lowest BCUT2D eigenvalue weighted by atomic mass is 9.76. The molecule has 1 aliphatic rings. The zero-order chi connectivity index (χ0) is 13.1. The molecule has 1 rings (SSSR count). The molecule has 0 bridgehead atoms. The van der Waals surface area contributed by atoms with E-state index in [4.69, 9.17) is 5.26 Å². The Morgan fingerprint density at radius 3 is 2.35 bits per heavy atom. The van der Waals surface area contributed by atoms with E-state index in [1.54, 1.807) is 6.92 Å². The van der Waals surface area contributed by atoms with E-state index < -0.39 is 15.3 Å². The highest BCUT2D eigenvalue weighted by atomic mass is 32.2. The maximum absolute atomic E-state index is 11.9. The third-order valence-corrected chi connectivity index (χ3v) is 5.41. The molecule has 0 amide bonds. The molecule has 1 aliphatic carbocycles. The number of hydrogen-bond donors (Lipinski definition) is 1. The molecule has 98 valence electrons. The van der Waals surface area contributed by atoms with Crippen LogP contribution in [0.4, 0.5) is 0 Å². The molecular formula is C12H22N2O2S. The van der Waals surface area contributed by atoms with Crippen LogP contribution < -0.4 is 4.72 Å². The van der Waals surface area contributed by atoms with Crippen molar-refractivity contribution in [3.8, 4) is 6.07 Å². The normalized spacial score (nSPS) is 22.9. The molecule has 5 heteroatoms. The Morgan fingerprint density at radius 2 is 1.94 bits per heavy atom. The van der Waals surface area contributed by atoms with Crippen molar-refractivity contribution in [1.29, 1.82) is 5.26 Å². The van der Waals surface area contributed by atoms with Gasteiger partial charge in [-0.25, -0.2) is 13.1 Å². The van der Waals surface area contributed by atoms with Crippen molar-refractivity contribution in [3.63, 3.8) is 0 Å². The van der Waals surface area contributed by atoms with E-state index in [0.717, 1.165) is 25.7 Å². The van der Waals surface area contributed by atoms with Crippen molar-refractivity contribution >= 4 is 10.0 Å². The van der Waals surface area contributed by atoms with E-state index in [0.29, 0.717) is 11.8 Å². The molecular weight excluding hydrogens is 236 g/mol. The minimum absolute atomic E-state index is 0.00965. The van der Waals surface area contributed by atoms with Crippen LogP contribution in [0.25, 0.3) is 0 Å². The standard InChI is InChI=1S/C12H22N2O2S/c1-4-11(9-13)17(15,16)14-10-5-7-12(2,3)8-6-10/h10-11,14H,4-8H2,1-3H3. The summed E-state index contributed by atoms with van der Waals surface area (Å²) in [6.07, 6.45) is 4.14. The topological polar surface area (TPSA) is 70.0 Å². The smallest absolute Gasteiger partial charge is 0.211 e. The third-order valence-electron chi connectivity index (χ3n) is 3.56. The summed E-state index contributed by atoms with van der Waals surface area (Å²) in [4.78, 5) is 0. The fourth-order valence-corrected chi connectivity index (χ4v) is 3.65. The van der Waals surface area contributed by atoms with Crippen molar-refractivity contribution in [2.24, 2.45) is 5.41 Å². The first-order chi connectivity index (χ1) is 7.80. The summed E-state index contributed by atoms with van der Waals surface area (Å²) >= 11 is 0. The first-order valence-electron chi connectivity index (χ1n) is 6.21. The van der Waals surface area contributed by atoms with Gasteiger partial charge in [0.25, 0.3) is 0 Å². The molecule has 0 spiro atoms. The molecule has 0 aromatic heterocycles. The average Bonchev–Trinajstić information content (AvgIpc) is 2.22. The second-order valence-corrected chi connectivity index (χ2v) is 7.52. The fourth-order valence-electron chi connectivity index (χ4n) is 2.21. The van der Waals surface area contributed by atoms with Gasteiger partial charge in [-0.2, -0.15) is 5.26 Å². The van der Waals surface area contributed by atoms with Crippen LogP contribution in [0, 0.1) is 16.7 Å². The quantitative estimate of drug-likeness (QED) is 0.840. The second kappa shape index (κ2) is 5.36. The van der Waals surface area contributed by atoms with Gasteiger partial charge >= 0.3 is 0 Å². The van der Waals surface area contributed by atoms with Crippen LogP contribution in [0.3, 0.4) is 0 Å². The van der Waals surface area contributed by atoms with Gasteiger partial charge in [-0.1, -0.05) is 20.8 Å². The Kier molecular flexibility index (Phi) is 4.56. The Bertz CT molecular complexity index is 385. The Balaban J connectivity index is 2.59. The summed E-state index contributed by atoms with van der Waals surface area (Å²) in [5.41, 5.74) is 0.321. The van der Waals surface area contributed by atoms with E-state index in [1.807, 2.05) is 6.07 Å². The molecule has 0 aliphatic heterocycles. The van der Waals surface area contributed by atoms with Gasteiger partial charge in [-0.3, -0.25) is 0 Å². The van der Waals surface area contributed by atoms with E-state index in [9.17, 15) is 8.42 Å². The van der Waals surface area contributed by atoms with Crippen molar-refractivity contribution in [1.82, 2.24) is 4.72 Å². The van der Waals surface area contributed by atoms with Crippen LogP contribution in [0.2, 0.25) is 0 Å². The molecule has 1 unspecified atom stereocenters. The summed E-state index contributed by atoms with van der Waals surface area (Å²) in [6.45, 7) is 6.14. The molecule has 0 heterocycles. The maximum atomic E-state index is 11.9. The summed E-state index contributed by atoms with van der Waals surface area (Å²) < 4.78 is 26.5. The molecule has 0 saturated heterocycles. The highest BCUT2D eigenvalue weighted by molar-refractivity contribution is 7.90. The van der Waals surface area contributed by atoms with Crippen molar-refractivity contribution in [2.45, 2.75) is 64.2 Å². The first kappa shape index (κ1) is 14.5. The van der Waals surface area contributed by atoms with Crippen LogP contribution in [0.1, 0.15) is 52.9 Å². The number of nitriles is 1. The molecule has 0 radical (unpaired) electrons. The lowest BCUT2D eigenvalue weighted by molar-refractivity contribution is 0.218. The molecule has 1 N–H and O–H groups in total. The zero-order valence-electron chi connectivity index (χ0n) is 10.9. The van der Waals surface area contributed by atoms with Crippen LogP contribution in [0.15, 0.2) is 0 Å². The monoisotopic (exact) mass is 258 g/mol. The molecule has 1 atom stereocenters. The first-order valence-corrected chi connectivity index (χ1v) is 7.76. The predicted octanol–water partition coefficient (Wildman–Crippen LogP) is 2.18. The zero-order valence-corrected chi connectivity index (χ0v) is 11.7. The molecule has 1 saturated carbocycles. The molecule has 0 aromatic carbocycles. The lowest BCUT2D eigenvalue weighted by Gasteiger charge is -2.34. The van der Waals surface area contributed by atoms with Gasteiger partial charge < -0.3 is 0 Å². The molecule has 17 heavy (non-hydrogen) atoms. The van der Waals surface area contributed by atoms with Gasteiger partial charge in [-0.05, 0) is 37.5 Å². The summed E-state index contributed by atoms with van der Waals surface area (Å²) in [5.74, 6) is 0. The summed E-state index contributed by atoms with van der Waals surface area (Å²) in [7, 11) is -3.47. The predicted molar refractivity (Wildman–Crippen MR) is 67.8 cm³/mol. The number of rotatable bonds is 4. The van der Waals surface area contributed by atoms with Gasteiger partial charge in [0.2, 0.25) is 10.0 Å². The van der Waals surface area contributed by atoms with Gasteiger partial charge in [0, 0.05) is 6.04 Å². The second-order valence-electron chi connectivity index (χ2n) is 5.63. The number of nitrogens with one attached hydrogen (secondary N) is 1. The SMILES string of the molecule is CCC(C#N)S(=O)(=O)NC1CCC(C)(C)CC1. The Labute approximate surface area is 104 Å². The van der Waals surface area contributed by atoms with Crippen LogP contribution in [-0.2, 0) is 10.0 Å². The highest BCUT2D eigenvalue weighted by Gasteiger charge is 2.31. The number of nitrogens with zero attached hydrogens (tertiary/aromatic N) is 1. The van der Waals surface area contributed by atoms with Crippen LogP contribution in [0.5, 0.6) is 0 Å². The van der Waals surface area contributed by atoms with Crippen LogP contribution in [-0.4, -0.2) is 19.7 Å². The lowest BCUT2D eigenvalue weighted by Crippen LogP contribution is -2.43. The highest BCUT2D eigenvalue weighted by Crippen LogP contribution is 2.35. The van der Waals surface area contributed by atoms with Gasteiger partial charge in [-0.15, -0.1) is 0 Å². The van der Waals surface area contributed by atoms with Crippen molar-refractivity contribution in [3.05, 3.63) is 0 Å². The Hall–Kier alpha value is -0.600. The fraction of sp³-hybridized carbons (Fsp3) is 0.917. The van der Waals surface area contributed by atoms with E-state index in [1.165, 1.54) is 0 Å². The average molecular weight is 258 g/mol. The number of hydrogen-bond acceptors (Lipinski definition) is 3. The minimum Gasteiger partial charge on any atom is -0.211 e. The molecule has 1 fully saturated rings. The van der Waals surface area contributed by atoms with Gasteiger partial charge in [0.15, 0.2) is 5.25 Å². The Morgan fingerprint density at radius 1 is 1.41 bits per heavy atom. The number of sulfonamides is 1. The summed E-state index contributed by atoms with van der Waals surface area (Å²) in [6, 6.07) is 1.86. The largest absolute Gasteiger partial charge is 0.228 e. The van der Waals surface area contributed by atoms with Crippen molar-refractivity contribution < 1.29 is 8.42 Å².